The largest absolute Gasteiger partial charge is 0.494 e. The van der Waals surface area contributed by atoms with Crippen LogP contribution in [-0.2, 0) is 0 Å². The average molecular weight is 308 g/mol. The normalized spacial score (nSPS) is 28.2. The van der Waals surface area contributed by atoms with Gasteiger partial charge in [0.1, 0.15) is 11.6 Å². The zero-order valence-corrected chi connectivity index (χ0v) is 13.1. The number of hydrogen-bond donors (Lipinski definition) is 0. The van der Waals surface area contributed by atoms with Crippen LogP contribution in [0, 0.1) is 11.7 Å². The molecule has 0 saturated carbocycles. The molecule has 0 aliphatic carbocycles. The molecular weight excluding hydrogens is 287 g/mol. The third-order valence-electron chi connectivity index (χ3n) is 4.42. The van der Waals surface area contributed by atoms with E-state index in [1.807, 2.05) is 18.7 Å². The molecule has 2 nitrogen and oxygen atoms in total. The lowest BCUT2D eigenvalue weighted by molar-refractivity contribution is 0.0892. The summed E-state index contributed by atoms with van der Waals surface area (Å²) in [6, 6.07) is 4.60. The minimum atomic E-state index is -0.450. The zero-order valence-electron chi connectivity index (χ0n) is 12.3. The molecule has 21 heavy (non-hydrogen) atoms. The summed E-state index contributed by atoms with van der Waals surface area (Å²) >= 11 is 2.04. The van der Waals surface area contributed by atoms with Gasteiger partial charge in [0, 0.05) is 22.5 Å². The zero-order chi connectivity index (χ0) is 14.8. The standard InChI is InChI=1S/C17H21FO2S/c1-2-20-12-6-7-15(16(18)10-12)17(19)11-8-13-4-3-5-14(9-11)21-13/h6-7,10-11,13-14H,2-5,8-9H2,1H3. The summed E-state index contributed by atoms with van der Waals surface area (Å²) in [5.41, 5.74) is 0.230. The van der Waals surface area contributed by atoms with Gasteiger partial charge in [0.15, 0.2) is 5.78 Å². The molecule has 3 rings (SSSR count). The van der Waals surface area contributed by atoms with Gasteiger partial charge in [0.25, 0.3) is 0 Å². The Morgan fingerprint density at radius 2 is 2.05 bits per heavy atom. The maximum atomic E-state index is 14.2. The molecule has 2 heterocycles. The predicted molar refractivity (Wildman–Crippen MR) is 83.6 cm³/mol. The number of thioether (sulfide) groups is 1. The molecular formula is C17H21FO2S. The molecule has 1 aromatic carbocycles. The number of ether oxygens (including phenoxy) is 1. The van der Waals surface area contributed by atoms with Gasteiger partial charge < -0.3 is 4.74 Å². The Labute approximate surface area is 129 Å². The number of carbonyl (C=O) groups excluding carboxylic acids is 1. The van der Waals surface area contributed by atoms with E-state index in [-0.39, 0.29) is 17.3 Å². The summed E-state index contributed by atoms with van der Waals surface area (Å²) in [5, 5.41) is 1.19. The molecule has 2 bridgehead atoms. The Balaban J connectivity index is 1.75. The highest BCUT2D eigenvalue weighted by Gasteiger charge is 2.36. The van der Waals surface area contributed by atoms with Gasteiger partial charge in [0.2, 0.25) is 0 Å². The maximum Gasteiger partial charge on any atom is 0.168 e. The smallest absolute Gasteiger partial charge is 0.168 e. The van der Waals surface area contributed by atoms with E-state index in [4.69, 9.17) is 4.74 Å². The van der Waals surface area contributed by atoms with E-state index in [0.29, 0.717) is 22.9 Å². The van der Waals surface area contributed by atoms with Crippen molar-refractivity contribution in [1.29, 1.82) is 0 Å². The highest BCUT2D eigenvalue weighted by Crippen LogP contribution is 2.44. The first-order valence-corrected chi connectivity index (χ1v) is 8.73. The molecule has 0 amide bonds. The lowest BCUT2D eigenvalue weighted by Crippen LogP contribution is -2.33. The number of rotatable bonds is 4. The van der Waals surface area contributed by atoms with Crippen LogP contribution in [0.15, 0.2) is 18.2 Å². The molecule has 0 N–H and O–H groups in total. The van der Waals surface area contributed by atoms with Crippen molar-refractivity contribution >= 4 is 17.5 Å². The lowest BCUT2D eigenvalue weighted by Gasteiger charge is -2.38. The molecule has 4 heteroatoms. The first-order valence-electron chi connectivity index (χ1n) is 7.79. The fourth-order valence-electron chi connectivity index (χ4n) is 3.45. The predicted octanol–water partition coefficient (Wildman–Crippen LogP) is 4.47. The summed E-state index contributed by atoms with van der Waals surface area (Å²) in [6.45, 7) is 2.35. The van der Waals surface area contributed by atoms with Crippen LogP contribution in [0.1, 0.15) is 49.4 Å². The number of halogens is 1. The number of ketones is 1. The van der Waals surface area contributed by atoms with Gasteiger partial charge >= 0.3 is 0 Å². The fraction of sp³-hybridized carbons (Fsp3) is 0.588. The Kier molecular flexibility index (Phi) is 4.53. The highest BCUT2D eigenvalue weighted by atomic mass is 32.2. The average Bonchev–Trinajstić information content (AvgIpc) is 2.46. The molecule has 0 aromatic heterocycles. The molecule has 2 unspecified atom stereocenters. The number of hydrogen-bond acceptors (Lipinski definition) is 3. The summed E-state index contributed by atoms with van der Waals surface area (Å²) < 4.78 is 19.4. The number of carbonyl (C=O) groups is 1. The van der Waals surface area contributed by atoms with Crippen molar-refractivity contribution in [2.45, 2.75) is 49.5 Å². The number of benzene rings is 1. The van der Waals surface area contributed by atoms with Crippen LogP contribution in [-0.4, -0.2) is 22.9 Å². The van der Waals surface area contributed by atoms with Gasteiger partial charge in [-0.2, -0.15) is 11.8 Å². The quantitative estimate of drug-likeness (QED) is 0.768. The van der Waals surface area contributed by atoms with Gasteiger partial charge in [-0.1, -0.05) is 6.42 Å². The van der Waals surface area contributed by atoms with Crippen molar-refractivity contribution in [2.75, 3.05) is 6.61 Å². The van der Waals surface area contributed by atoms with E-state index in [2.05, 4.69) is 0 Å². The summed E-state index contributed by atoms with van der Waals surface area (Å²) in [5.74, 6) is 0.0127. The molecule has 0 radical (unpaired) electrons. The van der Waals surface area contributed by atoms with E-state index >= 15 is 0 Å². The van der Waals surface area contributed by atoms with E-state index in [9.17, 15) is 9.18 Å². The first-order chi connectivity index (χ1) is 10.2. The van der Waals surface area contributed by atoms with E-state index in [1.165, 1.54) is 25.3 Å². The third kappa shape index (κ3) is 3.25. The summed E-state index contributed by atoms with van der Waals surface area (Å²) in [7, 11) is 0. The molecule has 2 atom stereocenters. The topological polar surface area (TPSA) is 26.3 Å². The van der Waals surface area contributed by atoms with E-state index in [1.54, 1.807) is 12.1 Å². The molecule has 114 valence electrons. The third-order valence-corrected chi connectivity index (χ3v) is 6.05. The van der Waals surface area contributed by atoms with Gasteiger partial charge in [-0.25, -0.2) is 4.39 Å². The molecule has 0 spiro atoms. The van der Waals surface area contributed by atoms with Gasteiger partial charge in [-0.3, -0.25) is 4.79 Å². The van der Waals surface area contributed by atoms with Crippen LogP contribution < -0.4 is 4.74 Å². The minimum absolute atomic E-state index is 0.00556. The lowest BCUT2D eigenvalue weighted by atomic mass is 9.84. The van der Waals surface area contributed by atoms with Crippen LogP contribution in [0.3, 0.4) is 0 Å². The van der Waals surface area contributed by atoms with Crippen LogP contribution in [0.2, 0.25) is 0 Å². The SMILES string of the molecule is CCOc1ccc(C(=O)C2CC3CCCC(C2)S3)c(F)c1. The van der Waals surface area contributed by atoms with Gasteiger partial charge in [-0.05, 0) is 44.7 Å². The van der Waals surface area contributed by atoms with Gasteiger partial charge in [-0.15, -0.1) is 0 Å². The maximum absolute atomic E-state index is 14.2. The van der Waals surface area contributed by atoms with E-state index in [0.717, 1.165) is 12.8 Å². The van der Waals surface area contributed by atoms with Crippen LogP contribution in [0.5, 0.6) is 5.75 Å². The van der Waals surface area contributed by atoms with Crippen molar-refractivity contribution in [3.63, 3.8) is 0 Å². The van der Waals surface area contributed by atoms with Crippen molar-refractivity contribution in [1.82, 2.24) is 0 Å². The summed E-state index contributed by atoms with van der Waals surface area (Å²) in [6.07, 6.45) is 5.51. The van der Waals surface area contributed by atoms with E-state index < -0.39 is 5.82 Å². The Morgan fingerprint density at radius 3 is 2.67 bits per heavy atom. The second-order valence-corrected chi connectivity index (χ2v) is 7.52. The minimum Gasteiger partial charge on any atom is -0.494 e. The summed E-state index contributed by atoms with van der Waals surface area (Å²) in [4.78, 5) is 12.6. The molecule has 2 aliphatic heterocycles. The van der Waals surface area contributed by atoms with Crippen molar-refractivity contribution in [2.24, 2.45) is 5.92 Å². The molecule has 1 aromatic rings. The Bertz CT molecular complexity index is 520. The van der Waals surface area contributed by atoms with Gasteiger partial charge in [0.05, 0.1) is 12.2 Å². The Hall–Kier alpha value is -1.03. The fourth-order valence-corrected chi connectivity index (χ4v) is 5.28. The van der Waals surface area contributed by atoms with Crippen molar-refractivity contribution in [3.8, 4) is 5.75 Å². The van der Waals surface area contributed by atoms with Crippen molar-refractivity contribution < 1.29 is 13.9 Å². The monoisotopic (exact) mass is 308 g/mol. The molecule has 2 saturated heterocycles. The number of Topliss-reactive ketones (excluding diaryl/α,β-unsaturated/α-hetero) is 1. The second-order valence-electron chi connectivity index (χ2n) is 5.92. The molecule has 2 aliphatic rings. The van der Waals surface area contributed by atoms with Crippen LogP contribution in [0.4, 0.5) is 4.39 Å². The highest BCUT2D eigenvalue weighted by molar-refractivity contribution is 8.00. The molecule has 2 fully saturated rings. The van der Waals surface area contributed by atoms with Crippen LogP contribution in [0.25, 0.3) is 0 Å². The second kappa shape index (κ2) is 6.39. The van der Waals surface area contributed by atoms with Crippen molar-refractivity contribution in [3.05, 3.63) is 29.6 Å². The first kappa shape index (κ1) is 14.9. The Morgan fingerprint density at radius 1 is 1.33 bits per heavy atom. The van der Waals surface area contributed by atoms with Crippen LogP contribution >= 0.6 is 11.8 Å². The number of fused-ring (bicyclic) bond motifs is 2.